The number of hydrogen-bond acceptors (Lipinski definition) is 3. The van der Waals surface area contributed by atoms with Crippen LogP contribution in [0.1, 0.15) is 55.1 Å². The predicted octanol–water partition coefficient (Wildman–Crippen LogP) is 4.09. The van der Waals surface area contributed by atoms with Gasteiger partial charge in [-0.15, -0.1) is 0 Å². The number of hydrogen-bond donors (Lipinski definition) is 1. The second-order valence-electron chi connectivity index (χ2n) is 8.45. The second kappa shape index (κ2) is 8.68. The van der Waals surface area contributed by atoms with Gasteiger partial charge in [-0.25, -0.2) is 0 Å². The molecular weight excluding hydrogens is 364 g/mol. The van der Waals surface area contributed by atoms with Crippen molar-refractivity contribution in [1.82, 2.24) is 5.32 Å². The molecule has 0 fully saturated rings. The number of amides is 2. The van der Waals surface area contributed by atoms with E-state index < -0.39 is 0 Å². The fourth-order valence-electron chi connectivity index (χ4n) is 3.67. The van der Waals surface area contributed by atoms with Crippen molar-refractivity contribution < 1.29 is 14.3 Å². The monoisotopic (exact) mass is 394 g/mol. The summed E-state index contributed by atoms with van der Waals surface area (Å²) < 4.78 is 5.46. The van der Waals surface area contributed by atoms with Crippen molar-refractivity contribution in [3.63, 3.8) is 0 Å². The van der Waals surface area contributed by atoms with Crippen LogP contribution in [0.3, 0.4) is 0 Å². The van der Waals surface area contributed by atoms with Crippen LogP contribution in [-0.4, -0.2) is 32.0 Å². The van der Waals surface area contributed by atoms with Crippen molar-refractivity contribution in [3.8, 4) is 5.75 Å². The summed E-state index contributed by atoms with van der Waals surface area (Å²) in [5.41, 5.74) is 3.84. The van der Waals surface area contributed by atoms with Gasteiger partial charge in [-0.1, -0.05) is 45.0 Å². The molecule has 2 aromatic carbocycles. The molecule has 0 saturated carbocycles. The molecule has 0 atom stereocenters. The zero-order chi connectivity index (χ0) is 21.0. The summed E-state index contributed by atoms with van der Waals surface area (Å²) in [7, 11) is 1.62. The van der Waals surface area contributed by atoms with E-state index in [0.717, 1.165) is 29.8 Å². The van der Waals surface area contributed by atoms with Gasteiger partial charge in [0.2, 0.25) is 5.91 Å². The third kappa shape index (κ3) is 4.78. The molecule has 2 amide bonds. The largest absolute Gasteiger partial charge is 0.495 e. The molecule has 3 rings (SSSR count). The van der Waals surface area contributed by atoms with Crippen molar-refractivity contribution in [2.45, 2.75) is 45.4 Å². The number of carbonyl (C=O) groups is 2. The number of rotatable bonds is 5. The highest BCUT2D eigenvalue weighted by Crippen LogP contribution is 2.36. The Bertz CT molecular complexity index is 868. The van der Waals surface area contributed by atoms with Crippen molar-refractivity contribution in [2.75, 3.05) is 25.1 Å². The van der Waals surface area contributed by atoms with Gasteiger partial charge in [-0.3, -0.25) is 9.59 Å². The first-order valence-corrected chi connectivity index (χ1v) is 10.2. The summed E-state index contributed by atoms with van der Waals surface area (Å²) in [5, 5.41) is 2.86. The molecule has 0 bridgehead atoms. The summed E-state index contributed by atoms with van der Waals surface area (Å²) in [4.78, 5) is 27.0. The normalized spacial score (nSPS) is 13.6. The van der Waals surface area contributed by atoms with Gasteiger partial charge in [0.15, 0.2) is 0 Å². The molecule has 1 aliphatic rings. The smallest absolute Gasteiger partial charge is 0.251 e. The fraction of sp³-hybridized carbons (Fsp3) is 0.417. The van der Waals surface area contributed by atoms with Gasteiger partial charge >= 0.3 is 0 Å². The summed E-state index contributed by atoms with van der Waals surface area (Å²) in [6.07, 6.45) is 2.12. The van der Waals surface area contributed by atoms with Gasteiger partial charge in [0.1, 0.15) is 5.75 Å². The first kappa shape index (κ1) is 20.9. The van der Waals surface area contributed by atoms with Gasteiger partial charge in [0.05, 0.1) is 12.8 Å². The Morgan fingerprint density at radius 3 is 2.48 bits per heavy atom. The maximum absolute atomic E-state index is 12.8. The number of para-hydroxylation sites is 1. The van der Waals surface area contributed by atoms with E-state index in [4.69, 9.17) is 4.74 Å². The van der Waals surface area contributed by atoms with Crippen molar-refractivity contribution in [1.29, 1.82) is 0 Å². The van der Waals surface area contributed by atoms with Crippen LogP contribution in [0.2, 0.25) is 0 Å². The molecule has 5 heteroatoms. The van der Waals surface area contributed by atoms with Crippen molar-refractivity contribution >= 4 is 17.5 Å². The number of fused-ring (bicyclic) bond motifs is 1. The molecule has 0 saturated heterocycles. The molecule has 29 heavy (non-hydrogen) atoms. The second-order valence-corrected chi connectivity index (χ2v) is 8.45. The summed E-state index contributed by atoms with van der Waals surface area (Å²) in [6, 6.07) is 13.5. The molecule has 0 spiro atoms. The number of anilines is 1. The number of nitrogens with one attached hydrogen (secondary N) is 1. The lowest BCUT2D eigenvalue weighted by atomic mass is 9.87. The quantitative estimate of drug-likeness (QED) is 0.831. The van der Waals surface area contributed by atoms with Crippen LogP contribution in [0.4, 0.5) is 5.69 Å². The molecule has 154 valence electrons. The van der Waals surface area contributed by atoms with E-state index in [0.29, 0.717) is 18.7 Å². The third-order valence-corrected chi connectivity index (χ3v) is 5.34. The van der Waals surface area contributed by atoms with Crippen LogP contribution in [0.15, 0.2) is 42.5 Å². The van der Waals surface area contributed by atoms with Gasteiger partial charge in [-0.05, 0) is 47.6 Å². The Morgan fingerprint density at radius 2 is 1.83 bits per heavy atom. The summed E-state index contributed by atoms with van der Waals surface area (Å²) in [5.74, 6) is 0.562. The first-order valence-electron chi connectivity index (χ1n) is 10.2. The minimum atomic E-state index is -0.158. The highest BCUT2D eigenvalue weighted by Gasteiger charge is 2.25. The topological polar surface area (TPSA) is 58.6 Å². The SMILES string of the molecule is COc1cccc2c1N(C(=O)CCNC(=O)c1ccc(C(C)(C)C)cc1)CCC2. The summed E-state index contributed by atoms with van der Waals surface area (Å²) in [6.45, 7) is 7.40. The average molecular weight is 395 g/mol. The molecule has 0 unspecified atom stereocenters. The Hall–Kier alpha value is -2.82. The van der Waals surface area contributed by atoms with Crippen molar-refractivity contribution in [3.05, 3.63) is 59.2 Å². The number of nitrogens with zero attached hydrogens (tertiary/aromatic N) is 1. The van der Waals surface area contributed by atoms with E-state index in [1.54, 1.807) is 12.0 Å². The van der Waals surface area contributed by atoms with Crippen molar-refractivity contribution in [2.24, 2.45) is 0 Å². The molecule has 0 aromatic heterocycles. The molecule has 1 N–H and O–H groups in total. The minimum absolute atomic E-state index is 0.00108. The van der Waals surface area contributed by atoms with E-state index in [9.17, 15) is 9.59 Å². The van der Waals surface area contributed by atoms with Crippen LogP contribution >= 0.6 is 0 Å². The van der Waals surface area contributed by atoms with E-state index in [2.05, 4.69) is 26.1 Å². The Morgan fingerprint density at radius 1 is 1.10 bits per heavy atom. The zero-order valence-electron chi connectivity index (χ0n) is 17.7. The highest BCUT2D eigenvalue weighted by atomic mass is 16.5. The molecular formula is C24H30N2O3. The lowest BCUT2D eigenvalue weighted by molar-refractivity contribution is -0.118. The fourth-order valence-corrected chi connectivity index (χ4v) is 3.67. The molecule has 1 heterocycles. The highest BCUT2D eigenvalue weighted by molar-refractivity contribution is 5.97. The predicted molar refractivity (Wildman–Crippen MR) is 116 cm³/mol. The van der Waals surface area contributed by atoms with E-state index >= 15 is 0 Å². The van der Waals surface area contributed by atoms with Gasteiger partial charge in [0, 0.05) is 25.1 Å². The third-order valence-electron chi connectivity index (χ3n) is 5.34. The van der Waals surface area contributed by atoms with Crippen LogP contribution in [0, 0.1) is 0 Å². The Kier molecular flexibility index (Phi) is 6.26. The standard InChI is InChI=1S/C24H30N2O3/c1-24(2,3)19-12-10-18(11-13-19)23(28)25-15-14-21(27)26-16-6-8-17-7-5-9-20(29-4)22(17)26/h5,7,9-13H,6,8,14-16H2,1-4H3,(H,25,28). The number of aryl methyl sites for hydroxylation is 1. The van der Waals surface area contributed by atoms with E-state index in [-0.39, 0.29) is 23.7 Å². The van der Waals surface area contributed by atoms with Crippen LogP contribution < -0.4 is 15.0 Å². The molecule has 5 nitrogen and oxygen atoms in total. The number of ether oxygens (including phenoxy) is 1. The minimum Gasteiger partial charge on any atom is -0.495 e. The summed E-state index contributed by atoms with van der Waals surface area (Å²) >= 11 is 0. The molecule has 0 aliphatic carbocycles. The average Bonchev–Trinajstić information content (AvgIpc) is 2.72. The van der Waals surface area contributed by atoms with Gasteiger partial charge < -0.3 is 15.0 Å². The first-order chi connectivity index (χ1) is 13.8. The van der Waals surface area contributed by atoms with Crippen LogP contribution in [0.5, 0.6) is 5.75 Å². The van der Waals surface area contributed by atoms with Gasteiger partial charge in [-0.2, -0.15) is 0 Å². The lowest BCUT2D eigenvalue weighted by Gasteiger charge is -2.31. The van der Waals surface area contributed by atoms with E-state index in [1.807, 2.05) is 42.5 Å². The molecule has 1 aliphatic heterocycles. The van der Waals surface area contributed by atoms with Crippen LogP contribution in [-0.2, 0) is 16.6 Å². The van der Waals surface area contributed by atoms with Gasteiger partial charge in [0.25, 0.3) is 5.91 Å². The Balaban J connectivity index is 1.59. The zero-order valence-corrected chi connectivity index (χ0v) is 17.7. The maximum atomic E-state index is 12.8. The molecule has 0 radical (unpaired) electrons. The number of methoxy groups -OCH3 is 1. The number of carbonyl (C=O) groups excluding carboxylic acids is 2. The molecule has 2 aromatic rings. The van der Waals surface area contributed by atoms with E-state index in [1.165, 1.54) is 5.56 Å². The number of benzene rings is 2. The van der Waals surface area contributed by atoms with Crippen LogP contribution in [0.25, 0.3) is 0 Å². The lowest BCUT2D eigenvalue weighted by Crippen LogP contribution is -2.38. The Labute approximate surface area is 173 Å². The maximum Gasteiger partial charge on any atom is 0.251 e.